The number of amides is 1. The van der Waals surface area contributed by atoms with Gasteiger partial charge in [0.05, 0.1) is 0 Å². The van der Waals surface area contributed by atoms with Gasteiger partial charge in [0.15, 0.2) is 6.10 Å². The minimum absolute atomic E-state index is 0.0204. The average molecular weight is 300 g/mol. The molecule has 0 spiro atoms. The van der Waals surface area contributed by atoms with Gasteiger partial charge in [-0.25, -0.2) is 0 Å². The second kappa shape index (κ2) is 8.12. The standard InChI is InChI=1S/C15H22ClNO3/c1-10-9-13(16)6-7-14(10)20-12(3)15(19)17-11(2)5-4-8-18/h6-7,9,11-12,18H,4-5,8H2,1-3H3,(H,17,19). The second-order valence-electron chi connectivity index (χ2n) is 4.95. The zero-order valence-electron chi connectivity index (χ0n) is 12.1. The highest BCUT2D eigenvalue weighted by Crippen LogP contribution is 2.22. The zero-order valence-corrected chi connectivity index (χ0v) is 12.9. The van der Waals surface area contributed by atoms with E-state index in [1.165, 1.54) is 0 Å². The highest BCUT2D eigenvalue weighted by atomic mass is 35.5. The predicted molar refractivity (Wildman–Crippen MR) is 80.2 cm³/mol. The van der Waals surface area contributed by atoms with Crippen molar-refractivity contribution in [2.75, 3.05) is 6.61 Å². The summed E-state index contributed by atoms with van der Waals surface area (Å²) in [7, 11) is 0. The van der Waals surface area contributed by atoms with E-state index in [1.54, 1.807) is 25.1 Å². The van der Waals surface area contributed by atoms with Gasteiger partial charge < -0.3 is 15.2 Å². The van der Waals surface area contributed by atoms with Gasteiger partial charge in [-0.15, -0.1) is 0 Å². The molecule has 2 atom stereocenters. The van der Waals surface area contributed by atoms with Gasteiger partial charge in [-0.1, -0.05) is 11.6 Å². The molecule has 2 unspecified atom stereocenters. The number of hydrogen-bond acceptors (Lipinski definition) is 3. The van der Waals surface area contributed by atoms with Crippen molar-refractivity contribution < 1.29 is 14.6 Å². The van der Waals surface area contributed by atoms with Crippen LogP contribution in [0.3, 0.4) is 0 Å². The molecule has 0 saturated carbocycles. The molecule has 0 bridgehead atoms. The van der Waals surface area contributed by atoms with E-state index in [9.17, 15) is 4.79 Å². The van der Waals surface area contributed by atoms with E-state index in [2.05, 4.69) is 5.32 Å². The van der Waals surface area contributed by atoms with E-state index >= 15 is 0 Å². The number of halogens is 1. The van der Waals surface area contributed by atoms with Crippen LogP contribution in [0.1, 0.15) is 32.3 Å². The Hall–Kier alpha value is -1.26. The summed E-state index contributed by atoms with van der Waals surface area (Å²) in [6.07, 6.45) is 0.841. The first kappa shape index (κ1) is 16.8. The number of rotatable bonds is 7. The van der Waals surface area contributed by atoms with E-state index in [-0.39, 0.29) is 18.6 Å². The molecular formula is C15H22ClNO3. The van der Waals surface area contributed by atoms with Crippen molar-refractivity contribution in [2.45, 2.75) is 45.8 Å². The highest BCUT2D eigenvalue weighted by molar-refractivity contribution is 6.30. The first-order chi connectivity index (χ1) is 9.43. The number of carbonyl (C=O) groups is 1. The van der Waals surface area contributed by atoms with Crippen molar-refractivity contribution >= 4 is 17.5 Å². The molecule has 5 heteroatoms. The summed E-state index contributed by atoms with van der Waals surface area (Å²) in [5, 5.41) is 12.3. The van der Waals surface area contributed by atoms with Crippen molar-refractivity contribution in [3.63, 3.8) is 0 Å². The van der Waals surface area contributed by atoms with Crippen molar-refractivity contribution in [2.24, 2.45) is 0 Å². The number of hydrogen-bond donors (Lipinski definition) is 2. The Morgan fingerprint density at radius 1 is 1.45 bits per heavy atom. The number of carbonyl (C=O) groups excluding carboxylic acids is 1. The molecule has 0 radical (unpaired) electrons. The summed E-state index contributed by atoms with van der Waals surface area (Å²) in [6.45, 7) is 5.64. The van der Waals surface area contributed by atoms with Crippen LogP contribution >= 0.6 is 11.6 Å². The Morgan fingerprint density at radius 2 is 2.15 bits per heavy atom. The van der Waals surface area contributed by atoms with Crippen LogP contribution in [0, 0.1) is 6.92 Å². The van der Waals surface area contributed by atoms with Crippen LogP contribution in [0.4, 0.5) is 0 Å². The molecule has 1 rings (SSSR count). The zero-order chi connectivity index (χ0) is 15.1. The van der Waals surface area contributed by atoms with Crippen LogP contribution < -0.4 is 10.1 Å². The molecule has 112 valence electrons. The van der Waals surface area contributed by atoms with Crippen LogP contribution in [0.25, 0.3) is 0 Å². The van der Waals surface area contributed by atoms with E-state index in [4.69, 9.17) is 21.4 Å². The number of aryl methyl sites for hydroxylation is 1. The van der Waals surface area contributed by atoms with E-state index < -0.39 is 6.10 Å². The topological polar surface area (TPSA) is 58.6 Å². The lowest BCUT2D eigenvalue weighted by Crippen LogP contribution is -2.41. The fourth-order valence-corrected chi connectivity index (χ4v) is 2.05. The van der Waals surface area contributed by atoms with Gasteiger partial charge in [-0.05, 0) is 57.4 Å². The largest absolute Gasteiger partial charge is 0.481 e. The SMILES string of the molecule is Cc1cc(Cl)ccc1OC(C)C(=O)NC(C)CCCO. The number of aliphatic hydroxyl groups is 1. The summed E-state index contributed by atoms with van der Waals surface area (Å²) in [6, 6.07) is 5.31. The van der Waals surface area contributed by atoms with Crippen LogP contribution in [0.5, 0.6) is 5.75 Å². The minimum Gasteiger partial charge on any atom is -0.481 e. The Balaban J connectivity index is 2.53. The lowest BCUT2D eigenvalue weighted by atomic mass is 10.2. The normalized spacial score (nSPS) is 13.7. The summed E-state index contributed by atoms with van der Waals surface area (Å²) >= 11 is 5.88. The lowest BCUT2D eigenvalue weighted by molar-refractivity contribution is -0.127. The predicted octanol–water partition coefficient (Wildman–Crippen LogP) is 2.69. The van der Waals surface area contributed by atoms with E-state index in [0.717, 1.165) is 12.0 Å². The van der Waals surface area contributed by atoms with Crippen LogP contribution in [0.15, 0.2) is 18.2 Å². The fraction of sp³-hybridized carbons (Fsp3) is 0.533. The fourth-order valence-electron chi connectivity index (χ4n) is 1.82. The van der Waals surface area contributed by atoms with Crippen molar-refractivity contribution in [1.82, 2.24) is 5.32 Å². The Morgan fingerprint density at radius 3 is 2.75 bits per heavy atom. The molecule has 2 N–H and O–H groups in total. The first-order valence-electron chi connectivity index (χ1n) is 6.78. The smallest absolute Gasteiger partial charge is 0.260 e. The quantitative estimate of drug-likeness (QED) is 0.814. The molecule has 1 amide bonds. The summed E-state index contributed by atoms with van der Waals surface area (Å²) in [5.74, 6) is 0.491. The van der Waals surface area contributed by atoms with Crippen molar-refractivity contribution in [1.29, 1.82) is 0 Å². The molecule has 0 heterocycles. The Kier molecular flexibility index (Phi) is 6.82. The Labute approximate surface area is 125 Å². The Bertz CT molecular complexity index is 451. The van der Waals surface area contributed by atoms with Crippen LogP contribution in [-0.4, -0.2) is 29.8 Å². The maximum atomic E-state index is 12.0. The van der Waals surface area contributed by atoms with Gasteiger partial charge in [0.25, 0.3) is 5.91 Å². The van der Waals surface area contributed by atoms with Gasteiger partial charge in [0.2, 0.25) is 0 Å². The third-order valence-corrected chi connectivity index (χ3v) is 3.23. The number of benzene rings is 1. The molecule has 0 aliphatic carbocycles. The van der Waals surface area contributed by atoms with Crippen molar-refractivity contribution in [3.05, 3.63) is 28.8 Å². The summed E-state index contributed by atoms with van der Waals surface area (Å²) in [4.78, 5) is 12.0. The molecule has 20 heavy (non-hydrogen) atoms. The van der Waals surface area contributed by atoms with Crippen LogP contribution in [-0.2, 0) is 4.79 Å². The maximum Gasteiger partial charge on any atom is 0.260 e. The molecule has 0 aliphatic rings. The molecule has 0 saturated heterocycles. The monoisotopic (exact) mass is 299 g/mol. The number of nitrogens with one attached hydrogen (secondary N) is 1. The third kappa shape index (κ3) is 5.39. The summed E-state index contributed by atoms with van der Waals surface area (Å²) < 4.78 is 5.65. The number of ether oxygens (including phenoxy) is 1. The first-order valence-corrected chi connectivity index (χ1v) is 7.16. The van der Waals surface area contributed by atoms with E-state index in [0.29, 0.717) is 17.2 Å². The molecule has 0 aromatic heterocycles. The van der Waals surface area contributed by atoms with Gasteiger partial charge in [-0.3, -0.25) is 4.79 Å². The van der Waals surface area contributed by atoms with Crippen LogP contribution in [0.2, 0.25) is 5.02 Å². The minimum atomic E-state index is -0.577. The molecule has 0 aliphatic heterocycles. The second-order valence-corrected chi connectivity index (χ2v) is 5.38. The lowest BCUT2D eigenvalue weighted by Gasteiger charge is -2.19. The molecule has 1 aromatic carbocycles. The van der Waals surface area contributed by atoms with Gasteiger partial charge in [0.1, 0.15) is 5.75 Å². The summed E-state index contributed by atoms with van der Waals surface area (Å²) in [5.41, 5.74) is 0.894. The molecule has 1 aromatic rings. The van der Waals surface area contributed by atoms with Gasteiger partial charge >= 0.3 is 0 Å². The molecular weight excluding hydrogens is 278 g/mol. The third-order valence-electron chi connectivity index (χ3n) is 2.99. The molecule has 4 nitrogen and oxygen atoms in total. The van der Waals surface area contributed by atoms with Gasteiger partial charge in [0, 0.05) is 17.7 Å². The van der Waals surface area contributed by atoms with E-state index in [1.807, 2.05) is 13.8 Å². The van der Waals surface area contributed by atoms with Crippen molar-refractivity contribution in [3.8, 4) is 5.75 Å². The molecule has 0 fully saturated rings. The van der Waals surface area contributed by atoms with Gasteiger partial charge in [-0.2, -0.15) is 0 Å². The maximum absolute atomic E-state index is 12.0. The average Bonchev–Trinajstić information content (AvgIpc) is 2.39. The number of aliphatic hydroxyl groups excluding tert-OH is 1. The highest BCUT2D eigenvalue weighted by Gasteiger charge is 2.17.